The third-order valence-corrected chi connectivity index (χ3v) is 12.5. The monoisotopic (exact) mass is 482 g/mol. The summed E-state index contributed by atoms with van der Waals surface area (Å²) in [5, 5.41) is 16.8. The van der Waals surface area contributed by atoms with E-state index >= 15 is 0 Å². The zero-order chi connectivity index (χ0) is 23.3. The van der Waals surface area contributed by atoms with Crippen molar-refractivity contribution in [3.8, 4) is 0 Å². The van der Waals surface area contributed by atoms with Gasteiger partial charge in [0.15, 0.2) is 0 Å². The smallest absolute Gasteiger partial charge is 0.226 e. The summed E-state index contributed by atoms with van der Waals surface area (Å²) in [7, 11) is 0. The van der Waals surface area contributed by atoms with Crippen LogP contribution in [-0.2, 0) is 9.59 Å². The van der Waals surface area contributed by atoms with E-state index in [1.807, 2.05) is 0 Å². The van der Waals surface area contributed by atoms with Crippen molar-refractivity contribution in [1.29, 1.82) is 0 Å². The topological polar surface area (TPSA) is 84.0 Å². The molecule has 1 aliphatic heterocycles. The zero-order valence-electron chi connectivity index (χ0n) is 20.6. The Kier molecular flexibility index (Phi) is 4.65. The molecule has 0 aromatic carbocycles. The van der Waals surface area contributed by atoms with Gasteiger partial charge in [-0.3, -0.25) is 9.59 Å². The van der Waals surface area contributed by atoms with Gasteiger partial charge in [0.25, 0.3) is 0 Å². The quantitative estimate of drug-likeness (QED) is 0.612. The highest BCUT2D eigenvalue weighted by Crippen LogP contribution is 2.72. The molecule has 6 aliphatic rings. The summed E-state index contributed by atoms with van der Waals surface area (Å²) in [5.41, 5.74) is 0.869. The fourth-order valence-electron chi connectivity index (χ4n) is 9.43. The van der Waals surface area contributed by atoms with Crippen LogP contribution in [0.1, 0.15) is 102 Å². The van der Waals surface area contributed by atoms with Crippen molar-refractivity contribution in [3.05, 3.63) is 5.01 Å². The first-order chi connectivity index (χ1) is 16.3. The molecule has 7 heteroatoms. The molecule has 0 bridgehead atoms. The van der Waals surface area contributed by atoms with Crippen molar-refractivity contribution in [2.24, 2.45) is 39.9 Å². The van der Waals surface area contributed by atoms with Crippen molar-refractivity contribution in [1.82, 2.24) is 15.5 Å². The highest BCUT2D eigenvalue weighted by Gasteiger charge is 2.68. The third-order valence-electron chi connectivity index (χ3n) is 11.5. The molecular weight excluding hydrogens is 444 g/mol. The number of amides is 2. The number of nitrogens with zero attached hydrogens (tertiary/aromatic N) is 2. The van der Waals surface area contributed by atoms with Gasteiger partial charge in [-0.25, -0.2) is 0 Å². The standard InChI is InChI=1S/C27H38N4O2S/c1-25-9-7-19-17(14-27(11-12-27)23-26(19,2)10-8-20(32)28-23)18(25)6-5-16(25)13-21(33)29-24-31-30-22(34-24)15-3-4-15/h15-19,23H,3-14H2,1-2H3,(H,28,32)(H,29,31,33)/t16-,17?,18+,19?,23?,25-,26-/m1/s1. The Balaban J connectivity index is 1.08. The van der Waals surface area contributed by atoms with Crippen LogP contribution in [0.2, 0.25) is 0 Å². The molecule has 1 saturated heterocycles. The maximum Gasteiger partial charge on any atom is 0.226 e. The van der Waals surface area contributed by atoms with Gasteiger partial charge in [0, 0.05) is 24.8 Å². The Morgan fingerprint density at radius 3 is 2.59 bits per heavy atom. The van der Waals surface area contributed by atoms with E-state index in [-0.39, 0.29) is 22.6 Å². The first-order valence-electron chi connectivity index (χ1n) is 13.7. The molecule has 5 aliphatic carbocycles. The van der Waals surface area contributed by atoms with Gasteiger partial charge in [-0.05, 0) is 104 Å². The Labute approximate surface area is 206 Å². The second-order valence-corrected chi connectivity index (χ2v) is 14.2. The van der Waals surface area contributed by atoms with Crippen LogP contribution in [0.25, 0.3) is 0 Å². The average Bonchev–Trinajstić information content (AvgIpc) is 3.72. The Hall–Kier alpha value is -1.50. The number of nitrogens with one attached hydrogen (secondary N) is 2. The first kappa shape index (κ1) is 21.8. The minimum atomic E-state index is 0.122. The number of hydrogen-bond donors (Lipinski definition) is 2. The molecule has 2 heterocycles. The minimum Gasteiger partial charge on any atom is -0.352 e. The van der Waals surface area contributed by atoms with Crippen molar-refractivity contribution in [3.63, 3.8) is 0 Å². The predicted molar refractivity (Wildman–Crippen MR) is 131 cm³/mol. The molecule has 7 rings (SSSR count). The number of carbonyl (C=O) groups is 2. The SMILES string of the molecule is C[C@]12CCC(=O)NC1C1(CC1)CC1C2CC[C@]2(C)[C@@H](CC(=O)Nc3nnc(C4CC4)s3)CC[C@@H]12. The lowest BCUT2D eigenvalue weighted by molar-refractivity contribution is -0.147. The van der Waals surface area contributed by atoms with Gasteiger partial charge in [-0.15, -0.1) is 10.2 Å². The maximum atomic E-state index is 13.0. The van der Waals surface area contributed by atoms with Gasteiger partial charge in [0.1, 0.15) is 5.01 Å². The molecule has 34 heavy (non-hydrogen) atoms. The van der Waals surface area contributed by atoms with Crippen LogP contribution in [0.15, 0.2) is 0 Å². The van der Waals surface area contributed by atoms with Crippen LogP contribution in [0, 0.1) is 39.9 Å². The lowest BCUT2D eigenvalue weighted by Gasteiger charge is -2.63. The number of hydrogen-bond acceptors (Lipinski definition) is 5. The Morgan fingerprint density at radius 2 is 1.82 bits per heavy atom. The highest BCUT2D eigenvalue weighted by molar-refractivity contribution is 7.15. The highest BCUT2D eigenvalue weighted by atomic mass is 32.1. The molecule has 1 spiro atoms. The van der Waals surface area contributed by atoms with Crippen molar-refractivity contribution >= 4 is 28.3 Å². The van der Waals surface area contributed by atoms with Crippen molar-refractivity contribution in [2.45, 2.75) is 103 Å². The number of aromatic nitrogens is 2. The number of rotatable bonds is 4. The summed E-state index contributed by atoms with van der Waals surface area (Å²) < 4.78 is 0. The number of anilines is 1. The largest absolute Gasteiger partial charge is 0.352 e. The molecule has 1 aromatic rings. The molecule has 3 unspecified atom stereocenters. The number of piperidine rings is 1. The Bertz CT molecular complexity index is 1030. The van der Waals surface area contributed by atoms with Gasteiger partial charge < -0.3 is 10.6 Å². The summed E-state index contributed by atoms with van der Waals surface area (Å²) in [6.45, 7) is 5.01. The lowest BCUT2D eigenvalue weighted by atomic mass is 9.44. The minimum absolute atomic E-state index is 0.122. The maximum absolute atomic E-state index is 13.0. The van der Waals surface area contributed by atoms with Gasteiger partial charge in [0.05, 0.1) is 0 Å². The predicted octanol–water partition coefficient (Wildman–Crippen LogP) is 5.27. The van der Waals surface area contributed by atoms with E-state index in [1.165, 1.54) is 57.8 Å². The fraction of sp³-hybridized carbons (Fsp3) is 0.852. The summed E-state index contributed by atoms with van der Waals surface area (Å²) in [4.78, 5) is 25.4. The summed E-state index contributed by atoms with van der Waals surface area (Å²) in [6, 6.07) is 0.391. The van der Waals surface area contributed by atoms with Gasteiger partial charge in [-0.2, -0.15) is 0 Å². The van der Waals surface area contributed by atoms with Crippen molar-refractivity contribution < 1.29 is 9.59 Å². The average molecular weight is 483 g/mol. The summed E-state index contributed by atoms with van der Waals surface area (Å²) in [6.07, 6.45) is 13.6. The summed E-state index contributed by atoms with van der Waals surface area (Å²) in [5.74, 6) is 3.64. The molecule has 184 valence electrons. The summed E-state index contributed by atoms with van der Waals surface area (Å²) >= 11 is 1.56. The van der Waals surface area contributed by atoms with E-state index in [2.05, 4.69) is 34.7 Å². The molecule has 6 nitrogen and oxygen atoms in total. The van der Waals surface area contributed by atoms with Crippen LogP contribution in [0.4, 0.5) is 5.13 Å². The first-order valence-corrected chi connectivity index (χ1v) is 14.6. The third kappa shape index (κ3) is 3.17. The van der Waals surface area contributed by atoms with E-state index in [4.69, 9.17) is 0 Å². The van der Waals surface area contributed by atoms with Gasteiger partial charge in [0.2, 0.25) is 16.9 Å². The normalized spacial score (nSPS) is 44.1. The molecule has 2 N–H and O–H groups in total. The molecule has 6 fully saturated rings. The van der Waals surface area contributed by atoms with Crippen LogP contribution in [-0.4, -0.2) is 28.1 Å². The molecule has 0 radical (unpaired) electrons. The number of carbonyl (C=O) groups excluding carboxylic acids is 2. The van der Waals surface area contributed by atoms with Crippen LogP contribution >= 0.6 is 11.3 Å². The van der Waals surface area contributed by atoms with Gasteiger partial charge in [-0.1, -0.05) is 25.2 Å². The van der Waals surface area contributed by atoms with Gasteiger partial charge >= 0.3 is 0 Å². The molecule has 2 amide bonds. The van der Waals surface area contributed by atoms with E-state index in [9.17, 15) is 9.59 Å². The molecular formula is C27H38N4O2S. The molecule has 7 atom stereocenters. The molecule has 5 saturated carbocycles. The van der Waals surface area contributed by atoms with Crippen LogP contribution < -0.4 is 10.6 Å². The van der Waals surface area contributed by atoms with E-state index in [0.29, 0.717) is 41.3 Å². The second-order valence-electron chi connectivity index (χ2n) is 13.2. The second kappa shape index (κ2) is 7.27. The Morgan fingerprint density at radius 1 is 1.03 bits per heavy atom. The number of fused-ring (bicyclic) bond motifs is 6. The van der Waals surface area contributed by atoms with E-state index in [0.717, 1.165) is 29.2 Å². The molecule has 1 aromatic heterocycles. The zero-order valence-corrected chi connectivity index (χ0v) is 21.4. The van der Waals surface area contributed by atoms with Crippen molar-refractivity contribution in [2.75, 3.05) is 5.32 Å². The van der Waals surface area contributed by atoms with E-state index < -0.39 is 0 Å². The van der Waals surface area contributed by atoms with Crippen LogP contribution in [0.3, 0.4) is 0 Å². The van der Waals surface area contributed by atoms with Crippen LogP contribution in [0.5, 0.6) is 0 Å². The lowest BCUT2D eigenvalue weighted by Crippen LogP contribution is -2.65. The fourth-order valence-corrected chi connectivity index (χ4v) is 10.4. The van der Waals surface area contributed by atoms with E-state index in [1.54, 1.807) is 11.3 Å².